The number of rotatable bonds is 2. The van der Waals surface area contributed by atoms with Crippen molar-refractivity contribution in [3.05, 3.63) is 48.7 Å². The van der Waals surface area contributed by atoms with E-state index in [2.05, 4.69) is 15.3 Å². The third-order valence-corrected chi connectivity index (χ3v) is 3.22. The first-order valence-corrected chi connectivity index (χ1v) is 6.38. The molecule has 0 aliphatic rings. The largest absolute Gasteiger partial charge is 0.418 e. The molecule has 2 aromatic heterocycles. The molecule has 0 atom stereocenters. The van der Waals surface area contributed by atoms with Crippen LogP contribution in [0.3, 0.4) is 0 Å². The Bertz CT molecular complexity index is 679. The van der Waals surface area contributed by atoms with E-state index in [1.807, 2.05) is 12.1 Å². The Morgan fingerprint density at radius 2 is 2.00 bits per heavy atom. The zero-order valence-corrected chi connectivity index (χ0v) is 10.6. The predicted octanol–water partition coefficient (Wildman–Crippen LogP) is 3.30. The minimum absolute atomic E-state index is 0.467. The number of anilines is 1. The van der Waals surface area contributed by atoms with E-state index in [0.29, 0.717) is 10.9 Å². The summed E-state index contributed by atoms with van der Waals surface area (Å²) < 4.78 is 5.11. The normalized spacial score (nSPS) is 10.3. The lowest BCUT2D eigenvalue weighted by molar-refractivity contribution is 0.215. The van der Waals surface area contributed by atoms with Crippen molar-refractivity contribution in [1.29, 1.82) is 0 Å². The molecule has 1 aromatic carbocycles. The number of pyridine rings is 1. The van der Waals surface area contributed by atoms with Gasteiger partial charge in [0.05, 0.1) is 0 Å². The Kier molecular flexibility index (Phi) is 3.07. The first-order valence-electron chi connectivity index (χ1n) is 5.57. The number of benzene rings is 1. The van der Waals surface area contributed by atoms with Gasteiger partial charge in [-0.15, -0.1) is 0 Å². The fourth-order valence-electron chi connectivity index (χ4n) is 1.53. The summed E-state index contributed by atoms with van der Waals surface area (Å²) in [6, 6.07) is 12.5. The van der Waals surface area contributed by atoms with Crippen molar-refractivity contribution in [2.24, 2.45) is 0 Å². The third-order valence-electron chi connectivity index (χ3n) is 2.33. The number of nitrogens with zero attached hydrogens (tertiary/aromatic N) is 2. The van der Waals surface area contributed by atoms with Crippen LogP contribution >= 0.6 is 11.3 Å². The van der Waals surface area contributed by atoms with Gasteiger partial charge in [-0.05, 0) is 24.3 Å². The van der Waals surface area contributed by atoms with Gasteiger partial charge >= 0.3 is 6.09 Å². The van der Waals surface area contributed by atoms with E-state index in [0.717, 1.165) is 10.3 Å². The van der Waals surface area contributed by atoms with Gasteiger partial charge in [0.15, 0.2) is 5.13 Å². The number of aromatic nitrogens is 2. The Labute approximate surface area is 112 Å². The first-order chi connectivity index (χ1) is 9.31. The standard InChI is InChI=1S/C13H9N3O2S/c17-13(18-9-5-2-1-3-6-9)16-12-15-10-7-4-8-14-11(10)19-12/h1-8H,(H,15,16,17). The van der Waals surface area contributed by atoms with Crippen LogP contribution in [-0.2, 0) is 0 Å². The number of amides is 1. The van der Waals surface area contributed by atoms with Gasteiger partial charge in [-0.1, -0.05) is 29.5 Å². The predicted molar refractivity (Wildman–Crippen MR) is 73.5 cm³/mol. The molecule has 0 aliphatic heterocycles. The summed E-state index contributed by atoms with van der Waals surface area (Å²) in [6.07, 6.45) is 1.12. The molecule has 94 valence electrons. The SMILES string of the molecule is O=C(Nc1nc2cccnc2s1)Oc1ccccc1. The van der Waals surface area contributed by atoms with Crippen molar-refractivity contribution in [2.75, 3.05) is 5.32 Å². The van der Waals surface area contributed by atoms with Crippen molar-refractivity contribution in [3.8, 4) is 5.75 Å². The molecule has 0 fully saturated rings. The van der Waals surface area contributed by atoms with Crippen molar-refractivity contribution < 1.29 is 9.53 Å². The van der Waals surface area contributed by atoms with Crippen LogP contribution < -0.4 is 10.1 Å². The Morgan fingerprint density at radius 1 is 1.16 bits per heavy atom. The highest BCUT2D eigenvalue weighted by Crippen LogP contribution is 2.23. The maximum Gasteiger partial charge on any atom is 0.418 e. The molecule has 0 bridgehead atoms. The van der Waals surface area contributed by atoms with Crippen LogP contribution in [0.4, 0.5) is 9.93 Å². The molecule has 0 saturated heterocycles. The van der Waals surface area contributed by atoms with E-state index >= 15 is 0 Å². The third kappa shape index (κ3) is 2.69. The van der Waals surface area contributed by atoms with Crippen molar-refractivity contribution in [1.82, 2.24) is 9.97 Å². The summed E-state index contributed by atoms with van der Waals surface area (Å²) in [5.41, 5.74) is 0.752. The quantitative estimate of drug-likeness (QED) is 0.776. The van der Waals surface area contributed by atoms with Gasteiger partial charge < -0.3 is 4.74 Å². The molecule has 0 spiro atoms. The lowest BCUT2D eigenvalue weighted by Crippen LogP contribution is -2.16. The minimum atomic E-state index is -0.565. The van der Waals surface area contributed by atoms with E-state index in [9.17, 15) is 4.79 Å². The van der Waals surface area contributed by atoms with Crippen LogP contribution in [0.5, 0.6) is 5.75 Å². The van der Waals surface area contributed by atoms with Gasteiger partial charge in [0.1, 0.15) is 16.1 Å². The van der Waals surface area contributed by atoms with Gasteiger partial charge in [0, 0.05) is 6.20 Å². The highest BCUT2D eigenvalue weighted by atomic mass is 32.1. The summed E-state index contributed by atoms with van der Waals surface area (Å²) in [5, 5.41) is 3.05. The molecule has 1 N–H and O–H groups in total. The zero-order valence-electron chi connectivity index (χ0n) is 9.74. The maximum absolute atomic E-state index is 11.7. The van der Waals surface area contributed by atoms with Crippen LogP contribution in [0.25, 0.3) is 10.3 Å². The lowest BCUT2D eigenvalue weighted by Gasteiger charge is -2.03. The van der Waals surface area contributed by atoms with Crippen molar-refractivity contribution >= 4 is 32.9 Å². The molecule has 0 saturated carbocycles. The molecule has 1 amide bonds. The molecule has 3 aromatic rings. The number of carbonyl (C=O) groups is 1. The summed E-state index contributed by atoms with van der Waals surface area (Å²) in [6.45, 7) is 0. The average Bonchev–Trinajstić information content (AvgIpc) is 2.81. The Hall–Kier alpha value is -2.47. The molecular weight excluding hydrogens is 262 g/mol. The number of hydrogen-bond acceptors (Lipinski definition) is 5. The number of hydrogen-bond donors (Lipinski definition) is 1. The van der Waals surface area contributed by atoms with E-state index < -0.39 is 6.09 Å². The summed E-state index contributed by atoms with van der Waals surface area (Å²) in [4.78, 5) is 20.8. The molecule has 2 heterocycles. The average molecular weight is 271 g/mol. The monoisotopic (exact) mass is 271 g/mol. The topological polar surface area (TPSA) is 64.1 Å². The fourth-order valence-corrected chi connectivity index (χ4v) is 2.33. The number of carbonyl (C=O) groups excluding carboxylic acids is 1. The fraction of sp³-hybridized carbons (Fsp3) is 0. The second-order valence-corrected chi connectivity index (χ2v) is 4.65. The zero-order chi connectivity index (χ0) is 13.1. The van der Waals surface area contributed by atoms with Gasteiger partial charge in [-0.3, -0.25) is 5.32 Å². The second-order valence-electron chi connectivity index (χ2n) is 3.67. The van der Waals surface area contributed by atoms with Gasteiger partial charge in [-0.2, -0.15) is 0 Å². The molecule has 5 nitrogen and oxygen atoms in total. The summed E-state index contributed by atoms with van der Waals surface area (Å²) in [5.74, 6) is 0.485. The highest BCUT2D eigenvalue weighted by molar-refractivity contribution is 7.21. The van der Waals surface area contributed by atoms with Crippen LogP contribution in [0, 0.1) is 0 Å². The second kappa shape index (κ2) is 5.03. The summed E-state index contributed by atoms with van der Waals surface area (Å²) >= 11 is 1.30. The van der Waals surface area contributed by atoms with Crippen molar-refractivity contribution in [3.63, 3.8) is 0 Å². The van der Waals surface area contributed by atoms with E-state index in [1.165, 1.54) is 11.3 Å². The van der Waals surface area contributed by atoms with Crippen LogP contribution in [-0.4, -0.2) is 16.1 Å². The minimum Gasteiger partial charge on any atom is -0.410 e. The lowest BCUT2D eigenvalue weighted by atomic mass is 10.3. The molecular formula is C13H9N3O2S. The number of thiazole rings is 1. The Balaban J connectivity index is 1.72. The van der Waals surface area contributed by atoms with Crippen LogP contribution in [0.15, 0.2) is 48.7 Å². The van der Waals surface area contributed by atoms with E-state index in [-0.39, 0.29) is 0 Å². The molecule has 6 heteroatoms. The van der Waals surface area contributed by atoms with Gasteiger partial charge in [0.2, 0.25) is 0 Å². The summed E-state index contributed by atoms with van der Waals surface area (Å²) in [7, 11) is 0. The van der Waals surface area contributed by atoms with Gasteiger partial charge in [0.25, 0.3) is 0 Å². The first kappa shape index (κ1) is 11.6. The van der Waals surface area contributed by atoms with Gasteiger partial charge in [-0.25, -0.2) is 14.8 Å². The molecule has 0 radical (unpaired) electrons. The van der Waals surface area contributed by atoms with E-state index in [1.54, 1.807) is 36.5 Å². The molecule has 0 aliphatic carbocycles. The maximum atomic E-state index is 11.7. The molecule has 0 unspecified atom stereocenters. The highest BCUT2D eigenvalue weighted by Gasteiger charge is 2.09. The van der Waals surface area contributed by atoms with Crippen LogP contribution in [0.2, 0.25) is 0 Å². The van der Waals surface area contributed by atoms with E-state index in [4.69, 9.17) is 4.74 Å². The smallest absolute Gasteiger partial charge is 0.410 e. The number of nitrogens with one attached hydrogen (secondary N) is 1. The molecule has 19 heavy (non-hydrogen) atoms. The molecule has 3 rings (SSSR count). The van der Waals surface area contributed by atoms with Crippen LogP contribution in [0.1, 0.15) is 0 Å². The number of para-hydroxylation sites is 1. The number of fused-ring (bicyclic) bond motifs is 1. The number of ether oxygens (including phenoxy) is 1. The Morgan fingerprint density at radius 3 is 2.79 bits per heavy atom. The van der Waals surface area contributed by atoms with Crippen molar-refractivity contribution in [2.45, 2.75) is 0 Å².